The molecule has 10 aromatic rings. The number of nitrogens with zero attached hydrogens (tertiary/aromatic N) is 4. The first kappa shape index (κ1) is 38.9. The average Bonchev–Trinajstić information content (AvgIpc) is 4.04. The van der Waals surface area contributed by atoms with Gasteiger partial charge < -0.3 is 0 Å². The van der Waals surface area contributed by atoms with Gasteiger partial charge in [-0.15, -0.1) is 0 Å². The maximum Gasteiger partial charge on any atom is 0.238 e. The molecule has 0 fully saturated rings. The monoisotopic (exact) mass is 882 g/mol. The van der Waals surface area contributed by atoms with Gasteiger partial charge in [-0.05, 0) is 108 Å². The molecule has 0 bridgehead atoms. The van der Waals surface area contributed by atoms with E-state index in [4.69, 9.17) is 15.0 Å². The van der Waals surface area contributed by atoms with Crippen LogP contribution in [0, 0.1) is 0 Å². The summed E-state index contributed by atoms with van der Waals surface area (Å²) in [5, 5.41) is 2.33. The van der Waals surface area contributed by atoms with Crippen molar-refractivity contribution in [2.24, 2.45) is 0 Å². The van der Waals surface area contributed by atoms with Gasteiger partial charge in [0, 0.05) is 38.3 Å². The van der Waals surface area contributed by atoms with Gasteiger partial charge in [0.2, 0.25) is 5.95 Å². The number of benzene rings is 8. The van der Waals surface area contributed by atoms with E-state index < -0.39 is 5.41 Å². The number of allylic oxidation sites excluding steroid dienone is 6. The lowest BCUT2D eigenvalue weighted by Crippen LogP contribution is -2.25. The van der Waals surface area contributed by atoms with Gasteiger partial charge >= 0.3 is 0 Å². The fraction of sp³-hybridized carbons (Fsp3) is 0.123. The van der Waals surface area contributed by atoms with Gasteiger partial charge in [-0.3, -0.25) is 4.57 Å². The number of para-hydroxylation sites is 1. The molecule has 4 heteroatoms. The molecule has 0 atom stereocenters. The second-order valence-electron chi connectivity index (χ2n) is 20.6. The molecular weight excluding hydrogens is 837 g/mol. The Morgan fingerprint density at radius 1 is 0.435 bits per heavy atom. The molecule has 0 aliphatic heterocycles. The van der Waals surface area contributed by atoms with Crippen molar-refractivity contribution in [1.29, 1.82) is 0 Å². The van der Waals surface area contributed by atoms with Crippen LogP contribution in [0.3, 0.4) is 0 Å². The first-order valence-electron chi connectivity index (χ1n) is 24.3. The summed E-state index contributed by atoms with van der Waals surface area (Å²) in [6.07, 6.45) is 9.84. The van der Waals surface area contributed by atoms with Crippen molar-refractivity contribution < 1.29 is 0 Å². The van der Waals surface area contributed by atoms with Crippen LogP contribution in [-0.2, 0) is 16.2 Å². The summed E-state index contributed by atoms with van der Waals surface area (Å²) in [7, 11) is 0. The van der Waals surface area contributed by atoms with Crippen LogP contribution in [-0.4, -0.2) is 19.5 Å². The molecule has 0 saturated heterocycles. The van der Waals surface area contributed by atoms with Crippen LogP contribution in [0.4, 0.5) is 0 Å². The van der Waals surface area contributed by atoms with Gasteiger partial charge in [0.1, 0.15) is 0 Å². The maximum absolute atomic E-state index is 5.63. The van der Waals surface area contributed by atoms with E-state index in [-0.39, 0.29) is 10.8 Å². The van der Waals surface area contributed by atoms with E-state index >= 15 is 0 Å². The number of aromatic nitrogens is 4. The molecule has 326 valence electrons. The summed E-state index contributed by atoms with van der Waals surface area (Å²) >= 11 is 0. The molecule has 0 amide bonds. The van der Waals surface area contributed by atoms with Crippen LogP contribution in [0.25, 0.3) is 89.5 Å². The Kier molecular flexibility index (Phi) is 7.59. The summed E-state index contributed by atoms with van der Waals surface area (Å²) in [4.78, 5) is 16.7. The number of fused-ring (bicyclic) bond motifs is 19. The zero-order chi connectivity index (χ0) is 46.0. The van der Waals surface area contributed by atoms with E-state index in [0.717, 1.165) is 34.0 Å². The van der Waals surface area contributed by atoms with Crippen molar-refractivity contribution in [1.82, 2.24) is 19.5 Å². The van der Waals surface area contributed by atoms with Crippen molar-refractivity contribution in [2.45, 2.75) is 50.4 Å². The third-order valence-corrected chi connectivity index (χ3v) is 16.6. The normalized spacial score (nSPS) is 16.5. The molecule has 15 rings (SSSR count). The van der Waals surface area contributed by atoms with E-state index in [9.17, 15) is 0 Å². The highest BCUT2D eigenvalue weighted by Gasteiger charge is 2.52. The Balaban J connectivity index is 1.02. The topological polar surface area (TPSA) is 43.6 Å². The van der Waals surface area contributed by atoms with Crippen LogP contribution < -0.4 is 0 Å². The molecule has 69 heavy (non-hydrogen) atoms. The average molecular weight is 883 g/mol. The van der Waals surface area contributed by atoms with Crippen LogP contribution >= 0.6 is 0 Å². The van der Waals surface area contributed by atoms with E-state index in [1.54, 1.807) is 0 Å². The molecule has 5 aliphatic rings. The quantitative estimate of drug-likeness (QED) is 0.178. The number of hydrogen-bond donors (Lipinski definition) is 0. The molecule has 2 heterocycles. The fourth-order valence-electron chi connectivity index (χ4n) is 13.5. The first-order valence-corrected chi connectivity index (χ1v) is 24.3. The van der Waals surface area contributed by atoms with Crippen LogP contribution in [0.1, 0.15) is 78.6 Å². The highest BCUT2D eigenvalue weighted by atomic mass is 15.2. The Bertz CT molecular complexity index is 4010. The van der Waals surface area contributed by atoms with Crippen molar-refractivity contribution in [3.63, 3.8) is 0 Å². The molecule has 4 nitrogen and oxygen atoms in total. The second-order valence-corrected chi connectivity index (χ2v) is 20.6. The zero-order valence-corrected chi connectivity index (χ0v) is 39.0. The predicted octanol–water partition coefficient (Wildman–Crippen LogP) is 15.5. The van der Waals surface area contributed by atoms with E-state index in [2.05, 4.69) is 226 Å². The summed E-state index contributed by atoms with van der Waals surface area (Å²) in [6, 6.07) is 63.2. The fourth-order valence-corrected chi connectivity index (χ4v) is 13.5. The molecule has 0 radical (unpaired) electrons. The van der Waals surface area contributed by atoms with Crippen LogP contribution in [0.15, 0.2) is 200 Å². The smallest absolute Gasteiger partial charge is 0.238 e. The first-order chi connectivity index (χ1) is 33.7. The minimum atomic E-state index is -0.493. The van der Waals surface area contributed by atoms with Gasteiger partial charge in [-0.1, -0.05) is 204 Å². The van der Waals surface area contributed by atoms with Crippen LogP contribution in [0.5, 0.6) is 0 Å². The molecule has 0 unspecified atom stereocenters. The largest absolute Gasteiger partial charge is 0.277 e. The number of hydrogen-bond acceptors (Lipinski definition) is 3. The lowest BCUT2D eigenvalue weighted by molar-refractivity contribution is 0.626. The minimum Gasteiger partial charge on any atom is -0.277 e. The SMILES string of the molecule is CC1(C)C2=C(C=CC=CC2)c2ccc(-c3nc(-c4ccc5c(c4)C(C)(C)c4ccccc4-5)nc(-n4c5ccccc5c5ccc6c(c54)-c4ccccc4C64c5ccccc5-c5ccccc54)n3)cc21. The Morgan fingerprint density at radius 2 is 0.986 bits per heavy atom. The maximum atomic E-state index is 5.63. The van der Waals surface area contributed by atoms with Gasteiger partial charge in [0.25, 0.3) is 0 Å². The van der Waals surface area contributed by atoms with Crippen molar-refractivity contribution in [3.05, 3.63) is 244 Å². The van der Waals surface area contributed by atoms with Gasteiger partial charge in [-0.25, -0.2) is 4.98 Å². The zero-order valence-electron chi connectivity index (χ0n) is 39.0. The highest BCUT2D eigenvalue weighted by Crippen LogP contribution is 2.64. The minimum absolute atomic E-state index is 0.160. The molecule has 1 spiro atoms. The third kappa shape index (κ3) is 4.90. The summed E-state index contributed by atoms with van der Waals surface area (Å²) in [5.41, 5.74) is 24.1. The van der Waals surface area contributed by atoms with Crippen molar-refractivity contribution in [2.75, 3.05) is 0 Å². The third-order valence-electron chi connectivity index (χ3n) is 16.6. The Hall–Kier alpha value is -8.21. The van der Waals surface area contributed by atoms with Crippen LogP contribution in [0.2, 0.25) is 0 Å². The van der Waals surface area contributed by atoms with Gasteiger partial charge in [0.15, 0.2) is 11.6 Å². The van der Waals surface area contributed by atoms with Crippen molar-refractivity contribution >= 4 is 27.4 Å². The number of rotatable bonds is 3. The lowest BCUT2D eigenvalue weighted by Gasteiger charge is -2.30. The van der Waals surface area contributed by atoms with Gasteiger partial charge in [-0.2, -0.15) is 9.97 Å². The molecule has 8 aromatic carbocycles. The highest BCUT2D eigenvalue weighted by molar-refractivity contribution is 6.16. The molecule has 0 N–H and O–H groups in total. The van der Waals surface area contributed by atoms with Gasteiger partial charge in [0.05, 0.1) is 16.4 Å². The summed E-state index contributed by atoms with van der Waals surface area (Å²) in [5.74, 6) is 1.91. The summed E-state index contributed by atoms with van der Waals surface area (Å²) < 4.78 is 2.35. The molecule has 0 saturated carbocycles. The molecular formula is C65H46N4. The summed E-state index contributed by atoms with van der Waals surface area (Å²) in [6.45, 7) is 9.40. The predicted molar refractivity (Wildman–Crippen MR) is 282 cm³/mol. The Labute approximate surface area is 401 Å². The van der Waals surface area contributed by atoms with E-state index in [1.165, 1.54) is 94.4 Å². The Morgan fingerprint density at radius 3 is 1.68 bits per heavy atom. The standard InChI is InChI=1S/C65H46N4/c1-63(2)49-24-7-5-6-18-40(49)44-32-30-38(36-55(44)63)60-66-61(39-31-33-45-41-19-8-13-25-50(41)64(3,4)56(45)37-39)68-62(67-60)69-57-29-17-12-22-46(57)47-34-35-54-58(59(47)69)48-23-11-16-28-53(48)65(54)51-26-14-9-20-42(51)43-21-10-15-27-52(43)65/h5-23,25-37H,24H2,1-4H3. The van der Waals surface area contributed by atoms with E-state index in [1.807, 2.05) is 0 Å². The second kappa shape index (κ2) is 13.5. The molecule has 5 aliphatic carbocycles. The van der Waals surface area contributed by atoms with Crippen molar-refractivity contribution in [3.8, 4) is 62.1 Å². The molecule has 2 aromatic heterocycles. The lowest BCUT2D eigenvalue weighted by atomic mass is 9.70. The van der Waals surface area contributed by atoms with E-state index in [0.29, 0.717) is 17.6 Å².